The van der Waals surface area contributed by atoms with Crippen LogP contribution in [0.25, 0.3) is 0 Å². The van der Waals surface area contributed by atoms with Crippen molar-refractivity contribution < 1.29 is 14.7 Å². The summed E-state index contributed by atoms with van der Waals surface area (Å²) in [6, 6.07) is 4.37. The van der Waals surface area contributed by atoms with E-state index in [9.17, 15) is 9.59 Å². The van der Waals surface area contributed by atoms with Crippen molar-refractivity contribution in [2.75, 3.05) is 12.4 Å². The van der Waals surface area contributed by atoms with Gasteiger partial charge in [-0.1, -0.05) is 13.8 Å². The van der Waals surface area contributed by atoms with E-state index in [0.29, 0.717) is 16.1 Å². The van der Waals surface area contributed by atoms with Gasteiger partial charge in [-0.2, -0.15) is 0 Å². The number of anilines is 1. The lowest BCUT2D eigenvalue weighted by Crippen LogP contribution is -2.39. The van der Waals surface area contributed by atoms with Crippen LogP contribution >= 0.6 is 15.9 Å². The number of rotatable bonds is 5. The average molecular weight is 357 g/mol. The largest absolute Gasteiger partial charge is 0.478 e. The molecule has 6 heteroatoms. The molecule has 0 fully saturated rings. The van der Waals surface area contributed by atoms with Gasteiger partial charge in [0.25, 0.3) is 0 Å². The van der Waals surface area contributed by atoms with Crippen LogP contribution in [0.2, 0.25) is 0 Å². The van der Waals surface area contributed by atoms with E-state index in [2.05, 4.69) is 35.1 Å². The van der Waals surface area contributed by atoms with Crippen LogP contribution in [0.15, 0.2) is 22.7 Å². The molecule has 5 nitrogen and oxygen atoms in total. The van der Waals surface area contributed by atoms with E-state index in [0.717, 1.165) is 6.42 Å². The van der Waals surface area contributed by atoms with Crippen LogP contribution in [0.1, 0.15) is 37.6 Å². The molecular weight excluding hydrogens is 336 g/mol. The molecule has 21 heavy (non-hydrogen) atoms. The van der Waals surface area contributed by atoms with Crippen molar-refractivity contribution in [3.05, 3.63) is 28.2 Å². The number of amides is 2. The second kappa shape index (κ2) is 7.45. The van der Waals surface area contributed by atoms with Gasteiger partial charge in [0.15, 0.2) is 0 Å². The van der Waals surface area contributed by atoms with E-state index < -0.39 is 5.97 Å². The lowest BCUT2D eigenvalue weighted by Gasteiger charge is -2.26. The molecule has 1 aromatic carbocycles. The van der Waals surface area contributed by atoms with E-state index in [1.165, 1.54) is 12.1 Å². The molecule has 2 amide bonds. The number of nitrogens with one attached hydrogen (secondary N) is 1. The van der Waals surface area contributed by atoms with Crippen molar-refractivity contribution in [1.82, 2.24) is 4.90 Å². The number of urea groups is 1. The minimum atomic E-state index is -1.03. The Labute approximate surface area is 133 Å². The van der Waals surface area contributed by atoms with E-state index in [1.807, 2.05) is 6.92 Å². The lowest BCUT2D eigenvalue weighted by atomic mass is 10.0. The molecule has 0 spiro atoms. The van der Waals surface area contributed by atoms with Crippen LogP contribution in [0.5, 0.6) is 0 Å². The van der Waals surface area contributed by atoms with Crippen LogP contribution < -0.4 is 5.32 Å². The fraction of sp³-hybridized carbons (Fsp3) is 0.467. The number of carboxylic acid groups (broad SMARTS) is 1. The predicted octanol–water partition coefficient (Wildman–Crippen LogP) is 4.05. The van der Waals surface area contributed by atoms with E-state index >= 15 is 0 Å². The maximum atomic E-state index is 12.2. The van der Waals surface area contributed by atoms with Crippen LogP contribution in [0.3, 0.4) is 0 Å². The standard InChI is InChI=1S/C15H21BrN2O3/c1-9(2)7-10(3)18(4)15(21)17-13-8-11(14(19)20)5-6-12(13)16/h5-6,8-10H,7H2,1-4H3,(H,17,21)(H,19,20). The highest BCUT2D eigenvalue weighted by Crippen LogP contribution is 2.24. The quantitative estimate of drug-likeness (QED) is 0.835. The van der Waals surface area contributed by atoms with Gasteiger partial charge >= 0.3 is 12.0 Å². The molecule has 116 valence electrons. The zero-order valence-electron chi connectivity index (χ0n) is 12.7. The van der Waals surface area contributed by atoms with Gasteiger partial charge in [-0.05, 0) is 53.4 Å². The fourth-order valence-electron chi connectivity index (χ4n) is 2.00. The van der Waals surface area contributed by atoms with Crippen molar-refractivity contribution in [3.63, 3.8) is 0 Å². The summed E-state index contributed by atoms with van der Waals surface area (Å²) in [4.78, 5) is 24.8. The highest BCUT2D eigenvalue weighted by molar-refractivity contribution is 9.10. The van der Waals surface area contributed by atoms with Crippen molar-refractivity contribution in [3.8, 4) is 0 Å². The van der Waals surface area contributed by atoms with Crippen molar-refractivity contribution in [2.24, 2.45) is 5.92 Å². The zero-order valence-corrected chi connectivity index (χ0v) is 14.3. The molecule has 1 rings (SSSR count). The van der Waals surface area contributed by atoms with Gasteiger partial charge in [-0.25, -0.2) is 9.59 Å². The first-order valence-corrected chi connectivity index (χ1v) is 7.58. The molecule has 0 aliphatic heterocycles. The molecule has 0 saturated heterocycles. The van der Waals surface area contributed by atoms with Gasteiger partial charge in [0, 0.05) is 17.6 Å². The number of carbonyl (C=O) groups is 2. The summed E-state index contributed by atoms with van der Waals surface area (Å²) in [6.07, 6.45) is 0.903. The van der Waals surface area contributed by atoms with Gasteiger partial charge in [0.1, 0.15) is 0 Å². The molecule has 1 aromatic rings. The molecule has 0 saturated carbocycles. The normalized spacial score (nSPS) is 12.1. The Morgan fingerprint density at radius 3 is 2.48 bits per heavy atom. The van der Waals surface area contributed by atoms with Gasteiger partial charge in [-0.15, -0.1) is 0 Å². The number of nitrogens with zero attached hydrogens (tertiary/aromatic N) is 1. The predicted molar refractivity (Wildman–Crippen MR) is 86.8 cm³/mol. The summed E-state index contributed by atoms with van der Waals surface area (Å²) in [5.74, 6) is -0.531. The van der Waals surface area contributed by atoms with Crippen LogP contribution in [0.4, 0.5) is 10.5 Å². The Morgan fingerprint density at radius 1 is 1.33 bits per heavy atom. The van der Waals surface area contributed by atoms with Crippen LogP contribution in [-0.2, 0) is 0 Å². The van der Waals surface area contributed by atoms with Crippen molar-refractivity contribution in [1.29, 1.82) is 0 Å². The Kier molecular flexibility index (Phi) is 6.20. The van der Waals surface area contributed by atoms with Gasteiger partial charge in [-0.3, -0.25) is 0 Å². The second-order valence-corrected chi connectivity index (χ2v) is 6.37. The maximum absolute atomic E-state index is 12.2. The number of aromatic carboxylic acids is 1. The highest BCUT2D eigenvalue weighted by atomic mass is 79.9. The number of carboxylic acids is 1. The van der Waals surface area contributed by atoms with Crippen LogP contribution in [-0.4, -0.2) is 35.1 Å². The first-order chi connectivity index (χ1) is 9.72. The molecule has 0 aliphatic carbocycles. The van der Waals surface area contributed by atoms with Crippen molar-refractivity contribution in [2.45, 2.75) is 33.2 Å². The molecule has 0 aliphatic rings. The van der Waals surface area contributed by atoms with Crippen molar-refractivity contribution >= 4 is 33.6 Å². The third-order valence-corrected chi connectivity index (χ3v) is 3.94. The second-order valence-electron chi connectivity index (χ2n) is 5.52. The third kappa shape index (κ3) is 5.04. The average Bonchev–Trinajstić information content (AvgIpc) is 2.39. The number of hydrogen-bond donors (Lipinski definition) is 2. The first-order valence-electron chi connectivity index (χ1n) is 6.79. The summed E-state index contributed by atoms with van der Waals surface area (Å²) in [7, 11) is 1.73. The Bertz CT molecular complexity index is 532. The van der Waals surface area contributed by atoms with E-state index in [1.54, 1.807) is 18.0 Å². The van der Waals surface area contributed by atoms with E-state index in [4.69, 9.17) is 5.11 Å². The summed E-state index contributed by atoms with van der Waals surface area (Å²) in [5.41, 5.74) is 0.579. The summed E-state index contributed by atoms with van der Waals surface area (Å²) >= 11 is 3.31. The monoisotopic (exact) mass is 356 g/mol. The molecule has 2 N–H and O–H groups in total. The smallest absolute Gasteiger partial charge is 0.335 e. The molecular formula is C15H21BrN2O3. The number of carbonyl (C=O) groups excluding carboxylic acids is 1. The minimum Gasteiger partial charge on any atom is -0.478 e. The maximum Gasteiger partial charge on any atom is 0.335 e. The van der Waals surface area contributed by atoms with E-state index in [-0.39, 0.29) is 17.6 Å². The highest BCUT2D eigenvalue weighted by Gasteiger charge is 2.18. The van der Waals surface area contributed by atoms with Crippen LogP contribution in [0, 0.1) is 5.92 Å². The molecule has 0 radical (unpaired) electrons. The first kappa shape index (κ1) is 17.5. The molecule has 1 atom stereocenters. The number of benzene rings is 1. The lowest BCUT2D eigenvalue weighted by molar-refractivity contribution is 0.0697. The Balaban J connectivity index is 2.83. The Hall–Kier alpha value is -1.56. The summed E-state index contributed by atoms with van der Waals surface area (Å²) in [5, 5.41) is 11.7. The topological polar surface area (TPSA) is 69.6 Å². The SMILES string of the molecule is CC(C)CC(C)N(C)C(=O)Nc1cc(C(=O)O)ccc1Br. The molecule has 0 aromatic heterocycles. The molecule has 0 heterocycles. The van der Waals surface area contributed by atoms with Gasteiger partial charge in [0.05, 0.1) is 11.3 Å². The minimum absolute atomic E-state index is 0.103. The third-order valence-electron chi connectivity index (χ3n) is 3.25. The van der Waals surface area contributed by atoms with Gasteiger partial charge in [0.2, 0.25) is 0 Å². The zero-order chi connectivity index (χ0) is 16.2. The Morgan fingerprint density at radius 2 is 1.95 bits per heavy atom. The fourth-order valence-corrected chi connectivity index (χ4v) is 2.34. The summed E-state index contributed by atoms with van der Waals surface area (Å²) < 4.78 is 0.644. The molecule has 1 unspecified atom stereocenters. The molecule has 0 bridgehead atoms. The van der Waals surface area contributed by atoms with Gasteiger partial charge < -0.3 is 15.3 Å². The summed E-state index contributed by atoms with van der Waals surface area (Å²) in [6.45, 7) is 6.20. The number of halogens is 1. The number of hydrogen-bond acceptors (Lipinski definition) is 2.